The van der Waals surface area contributed by atoms with Crippen LogP contribution in [-0.4, -0.2) is 124 Å². The quantitative estimate of drug-likeness (QED) is 0.0175. The van der Waals surface area contributed by atoms with Gasteiger partial charge in [-0.25, -0.2) is 18.9 Å². The van der Waals surface area contributed by atoms with Crippen molar-refractivity contribution in [2.75, 3.05) is 19.8 Å². The van der Waals surface area contributed by atoms with Crippen molar-refractivity contribution in [3.8, 4) is 11.5 Å². The van der Waals surface area contributed by atoms with E-state index in [9.17, 15) is 28.8 Å². The first kappa shape index (κ1) is 96.4. The van der Waals surface area contributed by atoms with E-state index in [0.29, 0.717) is 37.7 Å². The van der Waals surface area contributed by atoms with Gasteiger partial charge in [0.2, 0.25) is 13.5 Å². The minimum atomic E-state index is -5.25. The molecule has 0 aliphatic carbocycles. The van der Waals surface area contributed by atoms with Crippen molar-refractivity contribution < 1.29 is 94.3 Å². The largest absolute Gasteiger partial charge is 0.588 e. The molecule has 0 bridgehead atoms. The van der Waals surface area contributed by atoms with Crippen molar-refractivity contribution in [1.29, 1.82) is 0 Å². The summed E-state index contributed by atoms with van der Waals surface area (Å²) in [5, 5.41) is 5.28. The zero-order chi connectivity index (χ0) is 79.8. The number of carbonyl (C=O) groups excluding carboxylic acids is 7. The molecule has 0 spiro atoms. The summed E-state index contributed by atoms with van der Waals surface area (Å²) in [5.41, 5.74) is -1.29. The van der Waals surface area contributed by atoms with Gasteiger partial charge in [-0.15, -0.1) is 0 Å². The maximum absolute atomic E-state index is 15.9. The topological polar surface area (TPSA) is 271 Å². The van der Waals surface area contributed by atoms with Crippen LogP contribution in [0.15, 0.2) is 91.0 Å². The summed E-state index contributed by atoms with van der Waals surface area (Å²) < 4.78 is 84.6. The Morgan fingerprint density at radius 1 is 0.523 bits per heavy atom. The summed E-state index contributed by atoms with van der Waals surface area (Å²) in [6, 6.07) is 20.3. The SMILES string of the molecule is CCCCCCCCCCC[C@H](CC(=O)N[C@@H](COC1O[C@H](COC(=O)OC(C)(C)C(Cl)(Cl)Cl)[C@@H](OP(=O)(Oc2ccccc2)Oc2ccccc2)[C@H](OC(=O)C[C@@H](CCCCCCCCCCC)OC(=O)CCCCCCC)[C@H]1NC(=O)OCC(Cl)(Cl)Cl)C(=O)OCc1ccccc1)OC(=O)CCCCCCC. The maximum Gasteiger partial charge on any atom is 0.588 e. The maximum atomic E-state index is 15.9. The summed E-state index contributed by atoms with van der Waals surface area (Å²) in [6.45, 7) is 8.04. The number of nitrogens with one attached hydrogen (secondary N) is 2. The number of phosphoric ester groups is 1. The van der Waals surface area contributed by atoms with E-state index in [-0.39, 0.29) is 43.8 Å². The van der Waals surface area contributed by atoms with Gasteiger partial charge in [-0.3, -0.25) is 23.7 Å². The molecule has 109 heavy (non-hydrogen) atoms. The van der Waals surface area contributed by atoms with Crippen LogP contribution in [0.1, 0.15) is 265 Å². The number of esters is 4. The number of amides is 2. The van der Waals surface area contributed by atoms with Crippen LogP contribution < -0.4 is 19.7 Å². The lowest BCUT2D eigenvalue weighted by molar-refractivity contribution is -0.272. The number of hydrogen-bond donors (Lipinski definition) is 2. The standard InChI is InChI=1S/C80H119Cl6N2O20P/c1-7-11-15-19-21-23-25-29-36-50-63(101-68(90)52-42-27-17-13-9-3)54-67(89)87-65(74(93)97-56-60-44-34-31-35-45-60)57-98-75-71(88-76(94)100-59-79(81,82)83)73(104-70(92)55-64(102-69(91)53-43-28-18-14-10-4)51-37-30-26-24-22-20-16-12-8-2)72(66(103-75)58-99-77(95)105-78(5,6)80(84,85)86)108-109(96,106-61-46-38-32-39-47-61)107-62-48-40-33-41-49-62/h31-35,38-41,44-49,63-66,71-73,75H,7-30,36-37,42-43,50-59H2,1-6H3,(H,87,89)(H,88,94)/t63-,64-,65+,66-,71-,72-,73-,75?/m1/s1. The molecule has 22 nitrogen and oxygen atoms in total. The van der Waals surface area contributed by atoms with E-state index < -0.39 is 138 Å². The summed E-state index contributed by atoms with van der Waals surface area (Å²) in [4.78, 5) is 100. The molecule has 1 aliphatic rings. The highest BCUT2D eigenvalue weighted by molar-refractivity contribution is 7.49. The Labute approximate surface area is 676 Å². The first-order valence-corrected chi connectivity index (χ1v) is 42.9. The van der Waals surface area contributed by atoms with Crippen molar-refractivity contribution in [2.45, 2.75) is 329 Å². The van der Waals surface area contributed by atoms with Crippen LogP contribution in [0, 0.1) is 0 Å². The van der Waals surface area contributed by atoms with Crippen LogP contribution in [-0.2, 0) is 82.3 Å². The molecule has 1 fully saturated rings. The average Bonchev–Trinajstić information content (AvgIpc) is 0.770. The number of alkyl halides is 6. The van der Waals surface area contributed by atoms with Crippen molar-refractivity contribution in [3.63, 3.8) is 0 Å². The van der Waals surface area contributed by atoms with Gasteiger partial charge in [-0.1, -0.05) is 318 Å². The molecule has 1 unspecified atom stereocenters. The van der Waals surface area contributed by atoms with Crippen molar-refractivity contribution in [1.82, 2.24) is 10.6 Å². The van der Waals surface area contributed by atoms with Gasteiger partial charge in [-0.05, 0) is 82.2 Å². The third kappa shape index (κ3) is 42.6. The normalized spacial score (nSPS) is 16.9. The Kier molecular flexibility index (Phi) is 48.3. The van der Waals surface area contributed by atoms with E-state index >= 15 is 9.36 Å². The zero-order valence-electron chi connectivity index (χ0n) is 64.5. The second-order valence-electron chi connectivity index (χ2n) is 28.1. The Morgan fingerprint density at radius 3 is 1.42 bits per heavy atom. The zero-order valence-corrected chi connectivity index (χ0v) is 70.0. The van der Waals surface area contributed by atoms with E-state index in [4.69, 9.17) is 126 Å². The van der Waals surface area contributed by atoms with Crippen LogP contribution in [0.25, 0.3) is 0 Å². The first-order chi connectivity index (χ1) is 52.2. The van der Waals surface area contributed by atoms with Gasteiger partial charge < -0.3 is 62.3 Å². The molecular formula is C80H119Cl6N2O20P. The number of phosphoric acid groups is 1. The Morgan fingerprint density at radius 2 is 0.963 bits per heavy atom. The predicted octanol–water partition coefficient (Wildman–Crippen LogP) is 21.5. The molecule has 3 aromatic rings. The number of unbranched alkanes of at least 4 members (excludes halogenated alkanes) is 24. The number of para-hydroxylation sites is 2. The molecule has 0 saturated carbocycles. The number of benzene rings is 3. The third-order valence-corrected chi connectivity index (χ3v) is 21.1. The number of carbonyl (C=O) groups is 7. The summed E-state index contributed by atoms with van der Waals surface area (Å²) in [7, 11) is -5.25. The van der Waals surface area contributed by atoms with Gasteiger partial charge in [0.1, 0.15) is 61.8 Å². The van der Waals surface area contributed by atoms with E-state index in [1.54, 1.807) is 66.7 Å². The molecule has 0 radical (unpaired) electrons. The monoisotopic (exact) mass is 1670 g/mol. The van der Waals surface area contributed by atoms with Gasteiger partial charge >= 0.3 is 43.9 Å². The van der Waals surface area contributed by atoms with Gasteiger partial charge in [0.15, 0.2) is 24.0 Å². The molecule has 1 saturated heterocycles. The number of hydrogen-bond acceptors (Lipinski definition) is 20. The van der Waals surface area contributed by atoms with E-state index in [0.717, 1.165) is 141 Å². The molecule has 1 aliphatic heterocycles. The van der Waals surface area contributed by atoms with Gasteiger partial charge in [0.25, 0.3) is 0 Å². The second kappa shape index (κ2) is 54.7. The third-order valence-electron chi connectivity index (χ3n) is 18.0. The smallest absolute Gasteiger partial charge is 0.462 e. The number of halogens is 6. The molecule has 29 heteroatoms. The fourth-order valence-corrected chi connectivity index (χ4v) is 13.6. The summed E-state index contributed by atoms with van der Waals surface area (Å²) >= 11 is 37.1. The van der Waals surface area contributed by atoms with Crippen LogP contribution in [0.2, 0.25) is 0 Å². The molecule has 2 amide bonds. The minimum absolute atomic E-state index is 0.0620. The number of rotatable bonds is 57. The minimum Gasteiger partial charge on any atom is -0.462 e. The molecule has 4 rings (SSSR count). The molecule has 616 valence electrons. The Balaban J connectivity index is 1.94. The van der Waals surface area contributed by atoms with E-state index in [1.807, 2.05) is 0 Å². The first-order valence-electron chi connectivity index (χ1n) is 39.2. The average molecular weight is 1670 g/mol. The molecule has 2 N–H and O–H groups in total. The van der Waals surface area contributed by atoms with Crippen LogP contribution >= 0.6 is 77.4 Å². The highest BCUT2D eigenvalue weighted by Crippen LogP contribution is 2.53. The van der Waals surface area contributed by atoms with Crippen molar-refractivity contribution in [2.24, 2.45) is 0 Å². The summed E-state index contributed by atoms with van der Waals surface area (Å²) in [6.07, 6.45) is 13.3. The van der Waals surface area contributed by atoms with Crippen molar-refractivity contribution >= 4 is 119 Å². The van der Waals surface area contributed by atoms with Crippen molar-refractivity contribution in [3.05, 3.63) is 96.6 Å². The molecule has 8 atom stereocenters. The second-order valence-corrected chi connectivity index (χ2v) is 34.4. The highest BCUT2D eigenvalue weighted by Gasteiger charge is 2.55. The predicted molar refractivity (Wildman–Crippen MR) is 424 cm³/mol. The Hall–Kier alpha value is -5.00. The summed E-state index contributed by atoms with van der Waals surface area (Å²) in [5.74, 6) is -4.01. The fraction of sp³-hybridized carbons (Fsp3) is 0.688. The lowest BCUT2D eigenvalue weighted by atomic mass is 9.96. The fourth-order valence-electron chi connectivity index (χ4n) is 11.8. The number of alkyl carbamates (subject to hydrolysis) is 1. The Bertz CT molecular complexity index is 3040. The lowest BCUT2D eigenvalue weighted by Gasteiger charge is -2.45. The molecule has 3 aromatic carbocycles. The van der Waals surface area contributed by atoms with E-state index in [2.05, 4.69) is 38.3 Å². The number of ether oxygens (including phenoxy) is 9. The van der Waals surface area contributed by atoms with Crippen LogP contribution in [0.5, 0.6) is 11.5 Å². The molecular weight excluding hydrogens is 1550 g/mol. The van der Waals surface area contributed by atoms with Crippen LogP contribution in [0.3, 0.4) is 0 Å². The highest BCUT2D eigenvalue weighted by atomic mass is 35.6. The van der Waals surface area contributed by atoms with Gasteiger partial charge in [0.05, 0.1) is 19.4 Å². The molecule has 0 aromatic heterocycles. The van der Waals surface area contributed by atoms with Gasteiger partial charge in [0, 0.05) is 12.8 Å². The lowest BCUT2D eigenvalue weighted by Crippen LogP contribution is -2.67. The van der Waals surface area contributed by atoms with Gasteiger partial charge in [-0.2, -0.15) is 0 Å². The van der Waals surface area contributed by atoms with E-state index in [1.165, 1.54) is 51.0 Å². The van der Waals surface area contributed by atoms with Crippen LogP contribution in [0.4, 0.5) is 9.59 Å². The molecule has 1 heterocycles.